The fraction of sp³-hybridized carbons (Fsp3) is 0.312. The molecule has 0 saturated heterocycles. The number of amides is 3. The lowest BCUT2D eigenvalue weighted by Gasteiger charge is -2.12. The van der Waals surface area contributed by atoms with Gasteiger partial charge >= 0.3 is 0 Å². The van der Waals surface area contributed by atoms with Gasteiger partial charge in [-0.3, -0.25) is 19.7 Å². The van der Waals surface area contributed by atoms with Gasteiger partial charge in [-0.2, -0.15) is 4.68 Å². The van der Waals surface area contributed by atoms with E-state index in [1.54, 1.807) is 32.0 Å². The van der Waals surface area contributed by atoms with E-state index in [0.717, 1.165) is 0 Å². The Balaban J connectivity index is 2.57. The molecule has 2 N–H and O–H groups in total. The van der Waals surface area contributed by atoms with Gasteiger partial charge in [-0.1, -0.05) is 30.7 Å². The second-order valence-corrected chi connectivity index (χ2v) is 5.58. The molecule has 2 rings (SSSR count). The second kappa shape index (κ2) is 8.43. The quantitative estimate of drug-likeness (QED) is 0.792. The van der Waals surface area contributed by atoms with Crippen LogP contribution in [0.4, 0.5) is 5.82 Å². The fourth-order valence-electron chi connectivity index (χ4n) is 2.04. The van der Waals surface area contributed by atoms with Crippen LogP contribution >= 0.6 is 11.6 Å². The zero-order valence-electron chi connectivity index (χ0n) is 14.5. The molecule has 0 radical (unpaired) electrons. The molecule has 1 heterocycles. The maximum absolute atomic E-state index is 12.3. The number of imide groups is 1. The van der Waals surface area contributed by atoms with E-state index in [0.29, 0.717) is 16.5 Å². The standard InChI is InChI=1S/C16H18ClN5O4/c1-4-12(23)18-15-14(16(25)19-13(24)5-2)20-21-22(15)10-8-9(17)6-7-11(10)26-3/h6-8H,4-5H2,1-3H3,(H,18,23)(H,19,24,25). The summed E-state index contributed by atoms with van der Waals surface area (Å²) < 4.78 is 6.50. The molecule has 0 aliphatic carbocycles. The van der Waals surface area contributed by atoms with Crippen LogP contribution in [0.3, 0.4) is 0 Å². The minimum absolute atomic E-state index is 0.0128. The van der Waals surface area contributed by atoms with Gasteiger partial charge in [0.05, 0.1) is 7.11 Å². The van der Waals surface area contributed by atoms with Gasteiger partial charge in [0.25, 0.3) is 5.91 Å². The number of rotatable bonds is 6. The van der Waals surface area contributed by atoms with E-state index in [-0.39, 0.29) is 30.3 Å². The number of benzene rings is 1. The Bertz CT molecular complexity index is 849. The molecule has 1 aromatic carbocycles. The highest BCUT2D eigenvalue weighted by Gasteiger charge is 2.24. The molecule has 0 atom stereocenters. The van der Waals surface area contributed by atoms with Crippen molar-refractivity contribution < 1.29 is 19.1 Å². The van der Waals surface area contributed by atoms with E-state index >= 15 is 0 Å². The molecule has 2 aromatic rings. The number of carbonyl (C=O) groups excluding carboxylic acids is 3. The van der Waals surface area contributed by atoms with Crippen molar-refractivity contribution in [2.24, 2.45) is 0 Å². The molecular weight excluding hydrogens is 362 g/mol. The highest BCUT2D eigenvalue weighted by Crippen LogP contribution is 2.29. The Morgan fingerprint density at radius 3 is 2.50 bits per heavy atom. The number of aromatic nitrogens is 3. The molecule has 3 amide bonds. The van der Waals surface area contributed by atoms with Gasteiger partial charge in [0.2, 0.25) is 11.8 Å². The lowest BCUT2D eigenvalue weighted by molar-refractivity contribution is -0.119. The van der Waals surface area contributed by atoms with Gasteiger partial charge < -0.3 is 10.1 Å². The molecule has 26 heavy (non-hydrogen) atoms. The molecule has 0 spiro atoms. The second-order valence-electron chi connectivity index (χ2n) is 5.15. The summed E-state index contributed by atoms with van der Waals surface area (Å²) in [5, 5.41) is 12.9. The summed E-state index contributed by atoms with van der Waals surface area (Å²) in [5.74, 6) is -1.18. The Morgan fingerprint density at radius 2 is 1.88 bits per heavy atom. The molecule has 138 valence electrons. The molecular formula is C16H18ClN5O4. The molecule has 9 nitrogen and oxygen atoms in total. The van der Waals surface area contributed by atoms with Crippen LogP contribution in [-0.2, 0) is 9.59 Å². The van der Waals surface area contributed by atoms with Crippen molar-refractivity contribution in [2.45, 2.75) is 26.7 Å². The van der Waals surface area contributed by atoms with Crippen LogP contribution in [0.1, 0.15) is 37.2 Å². The molecule has 0 fully saturated rings. The number of hydrogen-bond acceptors (Lipinski definition) is 6. The van der Waals surface area contributed by atoms with E-state index in [1.165, 1.54) is 11.8 Å². The SMILES string of the molecule is CCC(=O)NC(=O)c1nnn(-c2cc(Cl)ccc2OC)c1NC(=O)CC. The molecule has 0 aliphatic heterocycles. The molecule has 0 saturated carbocycles. The minimum Gasteiger partial charge on any atom is -0.494 e. The normalized spacial score (nSPS) is 10.3. The summed E-state index contributed by atoms with van der Waals surface area (Å²) in [5.41, 5.74) is 0.176. The summed E-state index contributed by atoms with van der Waals surface area (Å²) in [4.78, 5) is 35.7. The maximum atomic E-state index is 12.3. The zero-order chi connectivity index (χ0) is 19.3. The van der Waals surface area contributed by atoms with Crippen LogP contribution in [0, 0.1) is 0 Å². The van der Waals surface area contributed by atoms with Crippen LogP contribution < -0.4 is 15.4 Å². The van der Waals surface area contributed by atoms with Crippen molar-refractivity contribution in [3.05, 3.63) is 28.9 Å². The predicted molar refractivity (Wildman–Crippen MR) is 94.6 cm³/mol. The topological polar surface area (TPSA) is 115 Å². The number of ether oxygens (including phenoxy) is 1. The van der Waals surface area contributed by atoms with Crippen molar-refractivity contribution in [1.29, 1.82) is 0 Å². The van der Waals surface area contributed by atoms with Crippen molar-refractivity contribution in [2.75, 3.05) is 12.4 Å². The first-order chi connectivity index (χ1) is 12.4. The lowest BCUT2D eigenvalue weighted by atomic mass is 10.2. The smallest absolute Gasteiger partial charge is 0.282 e. The maximum Gasteiger partial charge on any atom is 0.282 e. The van der Waals surface area contributed by atoms with E-state index in [4.69, 9.17) is 16.3 Å². The fourth-order valence-corrected chi connectivity index (χ4v) is 2.21. The third-order valence-electron chi connectivity index (χ3n) is 3.41. The van der Waals surface area contributed by atoms with Crippen LogP contribution in [0.25, 0.3) is 5.69 Å². The first-order valence-corrected chi connectivity index (χ1v) is 8.22. The number of halogens is 1. The van der Waals surface area contributed by atoms with Crippen molar-refractivity contribution in [3.8, 4) is 11.4 Å². The van der Waals surface area contributed by atoms with Crippen LogP contribution in [0.5, 0.6) is 5.75 Å². The van der Waals surface area contributed by atoms with Gasteiger partial charge in [0.1, 0.15) is 11.4 Å². The van der Waals surface area contributed by atoms with Crippen LogP contribution in [0.2, 0.25) is 5.02 Å². The highest BCUT2D eigenvalue weighted by atomic mass is 35.5. The van der Waals surface area contributed by atoms with E-state index < -0.39 is 11.8 Å². The molecule has 0 unspecified atom stereocenters. The number of hydrogen-bond donors (Lipinski definition) is 2. The number of nitrogens with one attached hydrogen (secondary N) is 2. The zero-order valence-corrected chi connectivity index (χ0v) is 15.3. The minimum atomic E-state index is -0.768. The number of anilines is 1. The van der Waals surface area contributed by atoms with Crippen LogP contribution in [0.15, 0.2) is 18.2 Å². The van der Waals surface area contributed by atoms with Gasteiger partial charge in [-0.25, -0.2) is 0 Å². The van der Waals surface area contributed by atoms with E-state index in [2.05, 4.69) is 20.9 Å². The Labute approximate surface area is 154 Å². The van der Waals surface area contributed by atoms with Gasteiger partial charge in [-0.15, -0.1) is 5.10 Å². The Kier molecular flexibility index (Phi) is 6.29. The summed E-state index contributed by atoms with van der Waals surface area (Å²) in [6.45, 7) is 3.26. The van der Waals surface area contributed by atoms with E-state index in [1.807, 2.05) is 0 Å². The molecule has 1 aromatic heterocycles. The monoisotopic (exact) mass is 379 g/mol. The van der Waals surface area contributed by atoms with Gasteiger partial charge in [0, 0.05) is 17.9 Å². The molecule has 10 heteroatoms. The molecule has 0 aliphatic rings. The third-order valence-corrected chi connectivity index (χ3v) is 3.64. The van der Waals surface area contributed by atoms with E-state index in [9.17, 15) is 14.4 Å². The number of methoxy groups -OCH3 is 1. The van der Waals surface area contributed by atoms with Gasteiger partial charge in [0.15, 0.2) is 11.5 Å². The lowest BCUT2D eigenvalue weighted by Crippen LogP contribution is -2.31. The summed E-state index contributed by atoms with van der Waals surface area (Å²) in [6.07, 6.45) is 0.297. The Hall–Kier alpha value is -2.94. The summed E-state index contributed by atoms with van der Waals surface area (Å²) in [7, 11) is 1.46. The molecule has 0 bridgehead atoms. The Morgan fingerprint density at radius 1 is 1.19 bits per heavy atom. The van der Waals surface area contributed by atoms with Gasteiger partial charge in [-0.05, 0) is 18.2 Å². The summed E-state index contributed by atoms with van der Waals surface area (Å²) >= 11 is 6.04. The van der Waals surface area contributed by atoms with Crippen molar-refractivity contribution in [1.82, 2.24) is 20.3 Å². The largest absolute Gasteiger partial charge is 0.494 e. The number of carbonyl (C=O) groups is 3. The summed E-state index contributed by atoms with van der Waals surface area (Å²) in [6, 6.07) is 4.79. The highest BCUT2D eigenvalue weighted by molar-refractivity contribution is 6.30. The van der Waals surface area contributed by atoms with Crippen molar-refractivity contribution >= 4 is 35.1 Å². The predicted octanol–water partition coefficient (Wildman–Crippen LogP) is 1.94. The van der Waals surface area contributed by atoms with Crippen LogP contribution in [-0.4, -0.2) is 39.8 Å². The number of nitrogens with zero attached hydrogens (tertiary/aromatic N) is 3. The average Bonchev–Trinajstić information content (AvgIpc) is 3.04. The third kappa shape index (κ3) is 4.17. The van der Waals surface area contributed by atoms with Crippen molar-refractivity contribution in [3.63, 3.8) is 0 Å². The average molecular weight is 380 g/mol. The first kappa shape index (κ1) is 19.4. The first-order valence-electron chi connectivity index (χ1n) is 7.84.